The van der Waals surface area contributed by atoms with Crippen LogP contribution >= 0.6 is 12.4 Å². The van der Waals surface area contributed by atoms with Crippen LogP contribution in [0.2, 0.25) is 0 Å². The van der Waals surface area contributed by atoms with Crippen LogP contribution in [0.1, 0.15) is 12.5 Å². The zero-order valence-electron chi connectivity index (χ0n) is 5.87. The van der Waals surface area contributed by atoms with E-state index in [1.165, 1.54) is 5.56 Å². The van der Waals surface area contributed by atoms with Crippen molar-refractivity contribution >= 4 is 12.4 Å². The number of aromatic hydroxyl groups is 1. The molecule has 1 nitrogen and oxygen atoms in total. The van der Waals surface area contributed by atoms with Gasteiger partial charge < -0.3 is 5.11 Å². The minimum Gasteiger partial charge on any atom is -0.508 e. The fraction of sp³-hybridized carbons (Fsp3) is 0.250. The summed E-state index contributed by atoms with van der Waals surface area (Å²) in [5, 5.41) is 8.85. The number of halogens is 1. The summed E-state index contributed by atoms with van der Waals surface area (Å²) in [7, 11) is 0. The van der Waals surface area contributed by atoms with E-state index in [0.29, 0.717) is 5.75 Å². The summed E-state index contributed by atoms with van der Waals surface area (Å²) in [6, 6.07) is 7.27. The zero-order valence-corrected chi connectivity index (χ0v) is 6.69. The third-order valence-electron chi connectivity index (χ3n) is 1.34. The van der Waals surface area contributed by atoms with Gasteiger partial charge in [-0.3, -0.25) is 0 Å². The van der Waals surface area contributed by atoms with Crippen molar-refractivity contribution in [2.75, 3.05) is 0 Å². The standard InChI is InChI=1S/C8H10O.ClH/c1-2-7-3-5-8(9)6-4-7;/h3-6,9H,2H2,1H3;1H. The Labute approximate surface area is 67.1 Å². The molecule has 0 radical (unpaired) electrons. The van der Waals surface area contributed by atoms with Gasteiger partial charge in [0.1, 0.15) is 5.75 Å². The van der Waals surface area contributed by atoms with Gasteiger partial charge in [-0.2, -0.15) is 0 Å². The molecule has 0 aliphatic heterocycles. The van der Waals surface area contributed by atoms with E-state index < -0.39 is 0 Å². The molecule has 56 valence electrons. The van der Waals surface area contributed by atoms with Crippen LogP contribution in [-0.2, 0) is 6.42 Å². The number of benzene rings is 1. The molecular formula is C8H11ClO. The largest absolute Gasteiger partial charge is 0.508 e. The van der Waals surface area contributed by atoms with Gasteiger partial charge in [-0.15, -0.1) is 12.4 Å². The topological polar surface area (TPSA) is 20.2 Å². The summed E-state index contributed by atoms with van der Waals surface area (Å²) < 4.78 is 0. The molecule has 0 aliphatic carbocycles. The molecule has 0 saturated heterocycles. The monoisotopic (exact) mass is 158 g/mol. The van der Waals surface area contributed by atoms with Crippen LogP contribution in [0.15, 0.2) is 24.3 Å². The fourth-order valence-corrected chi connectivity index (χ4v) is 0.732. The van der Waals surface area contributed by atoms with Gasteiger partial charge in [0.2, 0.25) is 0 Å². The molecule has 10 heavy (non-hydrogen) atoms. The van der Waals surface area contributed by atoms with Crippen molar-refractivity contribution < 1.29 is 5.11 Å². The summed E-state index contributed by atoms with van der Waals surface area (Å²) >= 11 is 0. The molecular weight excluding hydrogens is 148 g/mol. The Hall–Kier alpha value is -0.690. The molecule has 1 N–H and O–H groups in total. The quantitative estimate of drug-likeness (QED) is 0.666. The maximum Gasteiger partial charge on any atom is 0.115 e. The molecule has 0 unspecified atom stereocenters. The second kappa shape index (κ2) is 4.18. The van der Waals surface area contributed by atoms with Gasteiger partial charge in [0.05, 0.1) is 0 Å². The van der Waals surface area contributed by atoms with Gasteiger partial charge in [0.15, 0.2) is 0 Å². The zero-order chi connectivity index (χ0) is 6.69. The van der Waals surface area contributed by atoms with E-state index in [4.69, 9.17) is 5.11 Å². The highest BCUT2D eigenvalue weighted by Crippen LogP contribution is 2.09. The van der Waals surface area contributed by atoms with Gasteiger partial charge in [0.25, 0.3) is 0 Å². The molecule has 0 spiro atoms. The normalized spacial score (nSPS) is 8.50. The van der Waals surface area contributed by atoms with Crippen LogP contribution in [0.3, 0.4) is 0 Å². The molecule has 1 rings (SSSR count). The third kappa shape index (κ3) is 2.28. The highest BCUT2D eigenvalue weighted by Gasteiger charge is 1.86. The lowest BCUT2D eigenvalue weighted by Gasteiger charge is -1.93. The van der Waals surface area contributed by atoms with Crippen molar-refractivity contribution in [3.8, 4) is 5.75 Å². The predicted molar refractivity (Wildman–Crippen MR) is 44.7 cm³/mol. The summed E-state index contributed by atoms with van der Waals surface area (Å²) in [6.45, 7) is 2.09. The highest BCUT2D eigenvalue weighted by atomic mass is 35.5. The van der Waals surface area contributed by atoms with Crippen molar-refractivity contribution in [2.24, 2.45) is 0 Å². The maximum absolute atomic E-state index is 8.85. The minimum absolute atomic E-state index is 0. The van der Waals surface area contributed by atoms with Crippen LogP contribution in [0.25, 0.3) is 0 Å². The van der Waals surface area contributed by atoms with Gasteiger partial charge in [0, 0.05) is 0 Å². The van der Waals surface area contributed by atoms with E-state index >= 15 is 0 Å². The van der Waals surface area contributed by atoms with Crippen molar-refractivity contribution in [1.82, 2.24) is 0 Å². The Kier molecular flexibility index (Phi) is 3.89. The Balaban J connectivity index is 0.000000810. The van der Waals surface area contributed by atoms with Crippen molar-refractivity contribution in [3.63, 3.8) is 0 Å². The summed E-state index contributed by atoms with van der Waals surface area (Å²) in [4.78, 5) is 0. The average molecular weight is 159 g/mol. The molecule has 0 saturated carbocycles. The molecule has 0 bridgehead atoms. The molecule has 0 amide bonds. The van der Waals surface area contributed by atoms with Gasteiger partial charge in [-0.05, 0) is 24.1 Å². The molecule has 0 atom stereocenters. The first-order valence-corrected chi connectivity index (χ1v) is 3.11. The van der Waals surface area contributed by atoms with Crippen LogP contribution in [0.4, 0.5) is 0 Å². The number of aryl methyl sites for hydroxylation is 1. The first-order valence-electron chi connectivity index (χ1n) is 3.11. The lowest BCUT2D eigenvalue weighted by molar-refractivity contribution is 0.475. The van der Waals surface area contributed by atoms with E-state index in [2.05, 4.69) is 6.92 Å². The number of hydrogen-bond acceptors (Lipinski definition) is 1. The number of rotatable bonds is 1. The maximum atomic E-state index is 8.85. The number of phenols is 1. The molecule has 0 fully saturated rings. The molecule has 1 aromatic carbocycles. The second-order valence-corrected chi connectivity index (χ2v) is 2.02. The summed E-state index contributed by atoms with van der Waals surface area (Å²) in [5.74, 6) is 0.340. The Morgan fingerprint density at radius 2 is 1.70 bits per heavy atom. The smallest absolute Gasteiger partial charge is 0.115 e. The summed E-state index contributed by atoms with van der Waals surface area (Å²) in [5.41, 5.74) is 1.26. The van der Waals surface area contributed by atoms with Crippen LogP contribution in [-0.4, -0.2) is 5.11 Å². The number of phenolic OH excluding ortho intramolecular Hbond substituents is 1. The fourth-order valence-electron chi connectivity index (χ4n) is 0.732. The lowest BCUT2D eigenvalue weighted by atomic mass is 10.2. The molecule has 0 aromatic heterocycles. The van der Waals surface area contributed by atoms with Crippen molar-refractivity contribution in [1.29, 1.82) is 0 Å². The van der Waals surface area contributed by atoms with E-state index in [9.17, 15) is 0 Å². The molecule has 1 aromatic rings. The Morgan fingerprint density at radius 3 is 2.10 bits per heavy atom. The SMILES string of the molecule is CCc1ccc(O)cc1.Cl. The first-order chi connectivity index (χ1) is 4.33. The number of hydrogen-bond donors (Lipinski definition) is 1. The second-order valence-electron chi connectivity index (χ2n) is 2.02. The third-order valence-corrected chi connectivity index (χ3v) is 1.34. The van der Waals surface area contributed by atoms with Gasteiger partial charge >= 0.3 is 0 Å². The van der Waals surface area contributed by atoms with Crippen molar-refractivity contribution in [3.05, 3.63) is 29.8 Å². The minimum atomic E-state index is 0. The predicted octanol–water partition coefficient (Wildman–Crippen LogP) is 2.38. The van der Waals surface area contributed by atoms with Crippen LogP contribution in [0.5, 0.6) is 5.75 Å². The van der Waals surface area contributed by atoms with Crippen LogP contribution < -0.4 is 0 Å². The first kappa shape index (κ1) is 9.31. The van der Waals surface area contributed by atoms with Crippen LogP contribution in [0, 0.1) is 0 Å². The lowest BCUT2D eigenvalue weighted by Crippen LogP contribution is -1.75. The molecule has 2 heteroatoms. The average Bonchev–Trinajstić information content (AvgIpc) is 1.90. The highest BCUT2D eigenvalue weighted by molar-refractivity contribution is 5.85. The Bertz CT molecular complexity index is 181. The van der Waals surface area contributed by atoms with E-state index in [-0.39, 0.29) is 12.4 Å². The van der Waals surface area contributed by atoms with Crippen molar-refractivity contribution in [2.45, 2.75) is 13.3 Å². The van der Waals surface area contributed by atoms with E-state index in [1.807, 2.05) is 12.1 Å². The van der Waals surface area contributed by atoms with E-state index in [1.54, 1.807) is 12.1 Å². The molecule has 0 aliphatic rings. The summed E-state index contributed by atoms with van der Waals surface area (Å²) in [6.07, 6.45) is 1.03. The van der Waals surface area contributed by atoms with Gasteiger partial charge in [-0.1, -0.05) is 19.1 Å². The van der Waals surface area contributed by atoms with Gasteiger partial charge in [-0.25, -0.2) is 0 Å². The van der Waals surface area contributed by atoms with E-state index in [0.717, 1.165) is 6.42 Å². The Morgan fingerprint density at radius 1 is 1.20 bits per heavy atom. The molecule has 0 heterocycles.